The topological polar surface area (TPSA) is 60.7 Å². The molecule has 0 bridgehead atoms. The van der Waals surface area contributed by atoms with E-state index < -0.39 is 5.97 Å². The van der Waals surface area contributed by atoms with Crippen LogP contribution in [0, 0.1) is 4.51 Å². The number of pyridine rings is 1. The molecule has 1 N–H and O–H groups in total. The third-order valence-corrected chi connectivity index (χ3v) is 3.57. The molecule has 1 aliphatic rings. The number of carbonyl (C=O) groups is 1. The molecule has 2 heterocycles. The largest absolute Gasteiger partial charge is 0.478 e. The van der Waals surface area contributed by atoms with Crippen LogP contribution in [-0.2, 0) is 6.54 Å². The summed E-state index contributed by atoms with van der Waals surface area (Å²) in [5.74, 6) is 0.163. The maximum absolute atomic E-state index is 11.3. The Kier molecular flexibility index (Phi) is 2.94. The molecule has 0 unspecified atom stereocenters. The summed E-state index contributed by atoms with van der Waals surface area (Å²) < 4.78 is 12.7. The van der Waals surface area contributed by atoms with Crippen molar-refractivity contribution in [3.63, 3.8) is 0 Å². The number of aromatic nitrogens is 1. The molecule has 0 atom stereocenters. The Morgan fingerprint density at radius 3 is 2.80 bits per heavy atom. The molecule has 1 aromatic carbocycles. The minimum Gasteiger partial charge on any atom is -0.478 e. The third-order valence-electron chi connectivity index (χ3n) is 3.13. The smallest absolute Gasteiger partial charge is 0.338 e. The molecule has 1 aliphatic heterocycles. The van der Waals surface area contributed by atoms with Gasteiger partial charge in [-0.15, -0.1) is 6.58 Å². The molecule has 5 nitrogen and oxygen atoms in total. The Labute approximate surface area is 119 Å². The van der Waals surface area contributed by atoms with E-state index in [9.17, 15) is 9.90 Å². The van der Waals surface area contributed by atoms with Gasteiger partial charge in [-0.3, -0.25) is 0 Å². The van der Waals surface area contributed by atoms with Gasteiger partial charge in [0, 0.05) is 24.2 Å². The normalized spacial score (nSPS) is 12.6. The molecule has 0 amide bonds. The fourth-order valence-electron chi connectivity index (χ4n) is 2.22. The van der Waals surface area contributed by atoms with Crippen molar-refractivity contribution in [1.82, 2.24) is 4.57 Å². The molecular weight excluding hydrogens is 278 g/mol. The Hall–Kier alpha value is -2.34. The number of aromatic carboxylic acids is 1. The van der Waals surface area contributed by atoms with Crippen molar-refractivity contribution in [2.24, 2.45) is 0 Å². The van der Waals surface area contributed by atoms with E-state index in [1.165, 1.54) is 6.20 Å². The molecule has 2 aromatic rings. The first-order valence-corrected chi connectivity index (χ1v) is 6.33. The van der Waals surface area contributed by atoms with Crippen LogP contribution in [0.4, 0.5) is 0 Å². The summed E-state index contributed by atoms with van der Waals surface area (Å²) in [7, 11) is 0. The van der Waals surface area contributed by atoms with Crippen LogP contribution >= 0.6 is 12.2 Å². The molecule has 0 radical (unpaired) electrons. The Balaban J connectivity index is 2.40. The van der Waals surface area contributed by atoms with Gasteiger partial charge in [-0.25, -0.2) is 4.79 Å². The number of carboxylic acid groups (broad SMARTS) is 1. The molecule has 0 aliphatic carbocycles. The number of hydrogen-bond acceptors (Lipinski definition) is 4. The summed E-state index contributed by atoms with van der Waals surface area (Å²) in [5.41, 5.74) is 0.886. The van der Waals surface area contributed by atoms with E-state index in [4.69, 9.17) is 21.7 Å². The van der Waals surface area contributed by atoms with Gasteiger partial charge in [0.1, 0.15) is 0 Å². The first-order chi connectivity index (χ1) is 9.61. The van der Waals surface area contributed by atoms with Crippen molar-refractivity contribution in [3.05, 3.63) is 41.1 Å². The van der Waals surface area contributed by atoms with Gasteiger partial charge < -0.3 is 19.1 Å². The molecule has 1 aromatic heterocycles. The van der Waals surface area contributed by atoms with E-state index in [0.29, 0.717) is 27.9 Å². The first-order valence-electron chi connectivity index (χ1n) is 5.93. The lowest BCUT2D eigenvalue weighted by Gasteiger charge is -2.12. The van der Waals surface area contributed by atoms with E-state index >= 15 is 0 Å². The quantitative estimate of drug-likeness (QED) is 0.695. The van der Waals surface area contributed by atoms with Gasteiger partial charge >= 0.3 is 5.97 Å². The average molecular weight is 289 g/mol. The van der Waals surface area contributed by atoms with Crippen molar-refractivity contribution in [2.45, 2.75) is 6.54 Å². The van der Waals surface area contributed by atoms with Gasteiger partial charge in [-0.1, -0.05) is 18.3 Å². The van der Waals surface area contributed by atoms with Gasteiger partial charge in [0.05, 0.1) is 15.6 Å². The van der Waals surface area contributed by atoms with Crippen LogP contribution < -0.4 is 9.47 Å². The highest BCUT2D eigenvalue weighted by molar-refractivity contribution is 7.71. The highest BCUT2D eigenvalue weighted by Crippen LogP contribution is 2.37. The van der Waals surface area contributed by atoms with E-state index in [2.05, 4.69) is 6.58 Å². The van der Waals surface area contributed by atoms with Crippen molar-refractivity contribution in [2.75, 3.05) is 6.79 Å². The van der Waals surface area contributed by atoms with E-state index in [1.807, 2.05) is 6.07 Å². The highest BCUT2D eigenvalue weighted by Gasteiger charge is 2.18. The monoisotopic (exact) mass is 289 g/mol. The Morgan fingerprint density at radius 1 is 1.45 bits per heavy atom. The van der Waals surface area contributed by atoms with Crippen LogP contribution in [0.5, 0.6) is 11.5 Å². The zero-order valence-electron chi connectivity index (χ0n) is 10.5. The van der Waals surface area contributed by atoms with Crippen molar-refractivity contribution in [3.8, 4) is 11.5 Å². The minimum atomic E-state index is -1.05. The van der Waals surface area contributed by atoms with Crippen LogP contribution in [0.1, 0.15) is 10.4 Å². The predicted octanol–water partition coefficient (Wildman–Crippen LogP) is 2.98. The Morgan fingerprint density at radius 2 is 2.15 bits per heavy atom. The second-order valence-corrected chi connectivity index (χ2v) is 4.75. The molecule has 20 heavy (non-hydrogen) atoms. The summed E-state index contributed by atoms with van der Waals surface area (Å²) >= 11 is 5.27. The molecule has 6 heteroatoms. The third kappa shape index (κ3) is 1.85. The summed E-state index contributed by atoms with van der Waals surface area (Å²) in [6.45, 7) is 4.32. The number of fused-ring (bicyclic) bond motifs is 2. The molecule has 3 rings (SSSR count). The molecule has 0 fully saturated rings. The average Bonchev–Trinajstić information content (AvgIpc) is 2.87. The van der Waals surface area contributed by atoms with Gasteiger partial charge in [0.2, 0.25) is 6.79 Å². The lowest BCUT2D eigenvalue weighted by Crippen LogP contribution is -2.06. The summed E-state index contributed by atoms with van der Waals surface area (Å²) in [6.07, 6.45) is 3.22. The maximum Gasteiger partial charge on any atom is 0.338 e. The van der Waals surface area contributed by atoms with Crippen LogP contribution in [0.2, 0.25) is 0 Å². The second-order valence-electron chi connectivity index (χ2n) is 4.34. The number of ether oxygens (including phenoxy) is 2. The van der Waals surface area contributed by atoms with Crippen molar-refractivity contribution >= 4 is 29.1 Å². The first kappa shape index (κ1) is 12.7. The number of allylic oxidation sites excluding steroid dienone is 1. The fraction of sp³-hybridized carbons (Fsp3) is 0.143. The molecule has 0 saturated carbocycles. The van der Waals surface area contributed by atoms with Crippen LogP contribution in [0.15, 0.2) is 31.0 Å². The zero-order chi connectivity index (χ0) is 14.3. The predicted molar refractivity (Wildman–Crippen MR) is 76.1 cm³/mol. The van der Waals surface area contributed by atoms with Crippen molar-refractivity contribution in [1.29, 1.82) is 0 Å². The number of rotatable bonds is 3. The number of benzene rings is 1. The van der Waals surface area contributed by atoms with E-state index in [0.717, 1.165) is 5.52 Å². The summed E-state index contributed by atoms with van der Waals surface area (Å²) in [4.78, 5) is 11.3. The number of carboxylic acids is 1. The number of hydrogen-bond donors (Lipinski definition) is 1. The van der Waals surface area contributed by atoms with Crippen molar-refractivity contribution < 1.29 is 19.4 Å². The van der Waals surface area contributed by atoms with Gasteiger partial charge in [0.15, 0.2) is 11.5 Å². The van der Waals surface area contributed by atoms with Gasteiger partial charge in [-0.05, 0) is 6.07 Å². The Bertz CT molecular complexity index is 794. The van der Waals surface area contributed by atoms with Crippen LogP contribution in [0.3, 0.4) is 0 Å². The van der Waals surface area contributed by atoms with E-state index in [1.54, 1.807) is 16.7 Å². The standard InChI is InChI=1S/C14H11NO4S/c1-2-3-15-6-9(14(16)17)13(20)8-4-11-12(5-10(8)15)19-7-18-11/h2,4-6H,1,3,7H2,(H,16,17). The lowest BCUT2D eigenvalue weighted by molar-refractivity contribution is 0.0695. The minimum absolute atomic E-state index is 0.0909. The summed E-state index contributed by atoms with van der Waals surface area (Å²) in [5, 5.41) is 9.91. The summed E-state index contributed by atoms with van der Waals surface area (Å²) in [6, 6.07) is 3.54. The fourth-order valence-corrected chi connectivity index (χ4v) is 2.53. The molecular formula is C14H11NO4S. The molecule has 0 spiro atoms. The van der Waals surface area contributed by atoms with Crippen LogP contribution in [0.25, 0.3) is 10.9 Å². The zero-order valence-corrected chi connectivity index (χ0v) is 11.3. The molecule has 102 valence electrons. The van der Waals surface area contributed by atoms with Gasteiger partial charge in [0.25, 0.3) is 0 Å². The molecule has 0 saturated heterocycles. The number of nitrogens with zero attached hydrogens (tertiary/aromatic N) is 1. The second kappa shape index (κ2) is 4.64. The maximum atomic E-state index is 11.3. The van der Waals surface area contributed by atoms with Crippen LogP contribution in [-0.4, -0.2) is 22.4 Å². The lowest BCUT2D eigenvalue weighted by atomic mass is 10.1. The SMILES string of the molecule is C=CCn1cc(C(=O)O)c(=S)c2cc3c(cc21)OCO3. The van der Waals surface area contributed by atoms with Gasteiger partial charge in [-0.2, -0.15) is 0 Å². The highest BCUT2D eigenvalue weighted by atomic mass is 32.1. The van der Waals surface area contributed by atoms with E-state index in [-0.39, 0.29) is 12.4 Å².